The van der Waals surface area contributed by atoms with E-state index in [0.29, 0.717) is 38.7 Å². The molecule has 0 atom stereocenters. The van der Waals surface area contributed by atoms with Crippen LogP contribution in [-0.2, 0) is 14.6 Å². The SMILES string of the molecule is CCOc1ccc(S(=O)(=O)c2c(C(=O)N3CCOCC3)cnc3ccc(F)cc23)cc1. The molecule has 1 fully saturated rings. The molecule has 7 nitrogen and oxygen atoms in total. The lowest BCUT2D eigenvalue weighted by Gasteiger charge is -2.27. The van der Waals surface area contributed by atoms with Gasteiger partial charge in [0.25, 0.3) is 5.91 Å². The number of aromatic nitrogens is 1. The quantitative estimate of drug-likeness (QED) is 0.601. The zero-order valence-corrected chi connectivity index (χ0v) is 17.7. The fourth-order valence-corrected chi connectivity index (χ4v) is 5.13. The maximum Gasteiger partial charge on any atom is 0.256 e. The lowest BCUT2D eigenvalue weighted by atomic mass is 10.1. The molecule has 2 aromatic carbocycles. The maximum atomic E-state index is 14.1. The average Bonchev–Trinajstić information content (AvgIpc) is 2.79. The largest absolute Gasteiger partial charge is 0.494 e. The molecule has 2 heterocycles. The Morgan fingerprint density at radius 1 is 1.16 bits per heavy atom. The van der Waals surface area contributed by atoms with Crippen molar-refractivity contribution in [2.75, 3.05) is 32.9 Å². The zero-order chi connectivity index (χ0) is 22.0. The summed E-state index contributed by atoms with van der Waals surface area (Å²) in [5, 5.41) is 0.0630. The zero-order valence-electron chi connectivity index (χ0n) is 16.9. The smallest absolute Gasteiger partial charge is 0.256 e. The molecule has 3 aromatic rings. The third kappa shape index (κ3) is 4.11. The molecule has 0 N–H and O–H groups in total. The van der Waals surface area contributed by atoms with Gasteiger partial charge in [-0.1, -0.05) is 0 Å². The Morgan fingerprint density at radius 3 is 2.55 bits per heavy atom. The molecule has 31 heavy (non-hydrogen) atoms. The van der Waals surface area contributed by atoms with Gasteiger partial charge in [-0.25, -0.2) is 12.8 Å². The summed E-state index contributed by atoms with van der Waals surface area (Å²) < 4.78 is 52.0. The van der Waals surface area contributed by atoms with E-state index in [9.17, 15) is 17.6 Å². The molecule has 0 saturated carbocycles. The molecule has 0 aliphatic carbocycles. The van der Waals surface area contributed by atoms with E-state index in [0.717, 1.165) is 6.07 Å². The van der Waals surface area contributed by atoms with Crippen LogP contribution in [0.2, 0.25) is 0 Å². The number of nitrogens with zero attached hydrogens (tertiary/aromatic N) is 2. The highest BCUT2D eigenvalue weighted by molar-refractivity contribution is 7.91. The van der Waals surface area contributed by atoms with E-state index in [-0.39, 0.29) is 26.3 Å². The van der Waals surface area contributed by atoms with Crippen LogP contribution in [0, 0.1) is 5.82 Å². The summed E-state index contributed by atoms with van der Waals surface area (Å²) in [6.07, 6.45) is 1.25. The second-order valence-electron chi connectivity index (χ2n) is 6.97. The molecule has 9 heteroatoms. The van der Waals surface area contributed by atoms with Crippen molar-refractivity contribution >= 4 is 26.6 Å². The lowest BCUT2D eigenvalue weighted by molar-refractivity contribution is 0.0300. The van der Waals surface area contributed by atoms with E-state index in [1.807, 2.05) is 6.92 Å². The van der Waals surface area contributed by atoms with Crippen LogP contribution >= 0.6 is 0 Å². The normalized spacial score (nSPS) is 14.6. The minimum atomic E-state index is -4.17. The molecule has 0 spiro atoms. The molecule has 1 amide bonds. The van der Waals surface area contributed by atoms with Crippen LogP contribution in [-0.4, -0.2) is 57.1 Å². The van der Waals surface area contributed by atoms with Gasteiger partial charge in [-0.2, -0.15) is 0 Å². The van der Waals surface area contributed by atoms with E-state index in [1.54, 1.807) is 12.1 Å². The van der Waals surface area contributed by atoms with Gasteiger partial charge in [0.15, 0.2) is 0 Å². The third-order valence-corrected chi connectivity index (χ3v) is 6.89. The Bertz CT molecular complexity index is 1220. The van der Waals surface area contributed by atoms with Crippen molar-refractivity contribution in [3.8, 4) is 5.75 Å². The molecule has 0 unspecified atom stereocenters. The number of pyridine rings is 1. The molecule has 162 valence electrons. The summed E-state index contributed by atoms with van der Waals surface area (Å²) in [4.78, 5) is 18.7. The summed E-state index contributed by atoms with van der Waals surface area (Å²) >= 11 is 0. The van der Waals surface area contributed by atoms with Crippen LogP contribution in [0.5, 0.6) is 5.75 Å². The van der Waals surface area contributed by atoms with Crippen LogP contribution in [0.1, 0.15) is 17.3 Å². The minimum Gasteiger partial charge on any atom is -0.494 e. The van der Waals surface area contributed by atoms with Crippen molar-refractivity contribution in [3.63, 3.8) is 0 Å². The highest BCUT2D eigenvalue weighted by atomic mass is 32.2. The first-order chi connectivity index (χ1) is 14.9. The van der Waals surface area contributed by atoms with Gasteiger partial charge in [-0.15, -0.1) is 0 Å². The fourth-order valence-electron chi connectivity index (χ4n) is 3.52. The molecule has 0 bridgehead atoms. The lowest BCUT2D eigenvalue weighted by Crippen LogP contribution is -2.41. The standard InChI is InChI=1S/C22H21FN2O5S/c1-2-30-16-4-6-17(7-5-16)31(27,28)21-18-13-15(23)3-8-20(18)24-14-19(21)22(26)25-9-11-29-12-10-25/h3-8,13-14H,2,9-12H2,1H3. The average molecular weight is 444 g/mol. The maximum absolute atomic E-state index is 14.1. The Hall–Kier alpha value is -3.04. The van der Waals surface area contributed by atoms with E-state index in [1.165, 1.54) is 35.4 Å². The number of ether oxygens (including phenoxy) is 2. The number of sulfone groups is 1. The second kappa shape index (κ2) is 8.60. The predicted octanol–water partition coefficient (Wildman–Crippen LogP) is 3.08. The molecule has 1 aliphatic heterocycles. The van der Waals surface area contributed by atoms with E-state index in [2.05, 4.69) is 4.98 Å². The first kappa shape index (κ1) is 21.2. The monoisotopic (exact) mass is 444 g/mol. The van der Waals surface area contributed by atoms with Crippen molar-refractivity contribution < 1.29 is 27.1 Å². The molecule has 1 aliphatic rings. The Labute approximate surface area is 179 Å². The van der Waals surface area contributed by atoms with Crippen LogP contribution < -0.4 is 4.74 Å². The van der Waals surface area contributed by atoms with Crippen molar-refractivity contribution in [2.45, 2.75) is 16.7 Å². The Kier molecular flexibility index (Phi) is 5.88. The van der Waals surface area contributed by atoms with Gasteiger partial charge in [0, 0.05) is 24.7 Å². The van der Waals surface area contributed by atoms with Crippen molar-refractivity contribution in [3.05, 3.63) is 60.0 Å². The number of carbonyl (C=O) groups is 1. The summed E-state index contributed by atoms with van der Waals surface area (Å²) in [5.41, 5.74) is 0.193. The Balaban J connectivity index is 1.91. The molecular weight excluding hydrogens is 423 g/mol. The number of hydrogen-bond acceptors (Lipinski definition) is 6. The summed E-state index contributed by atoms with van der Waals surface area (Å²) in [5.74, 6) is -0.573. The van der Waals surface area contributed by atoms with Gasteiger partial charge in [0.05, 0.1) is 40.7 Å². The Morgan fingerprint density at radius 2 is 1.87 bits per heavy atom. The van der Waals surface area contributed by atoms with E-state index < -0.39 is 21.6 Å². The summed E-state index contributed by atoms with van der Waals surface area (Å²) in [6.45, 7) is 3.67. The number of rotatable bonds is 5. The number of benzene rings is 2. The number of halogens is 1. The van der Waals surface area contributed by atoms with Crippen LogP contribution in [0.25, 0.3) is 10.9 Å². The number of fused-ring (bicyclic) bond motifs is 1. The fraction of sp³-hybridized carbons (Fsp3) is 0.273. The number of hydrogen-bond donors (Lipinski definition) is 0. The third-order valence-electron chi connectivity index (χ3n) is 5.02. The summed E-state index contributed by atoms with van der Waals surface area (Å²) in [6, 6.07) is 9.61. The van der Waals surface area contributed by atoms with Crippen molar-refractivity contribution in [1.29, 1.82) is 0 Å². The van der Waals surface area contributed by atoms with Gasteiger partial charge in [0.2, 0.25) is 9.84 Å². The number of carbonyl (C=O) groups excluding carboxylic acids is 1. The van der Waals surface area contributed by atoms with E-state index in [4.69, 9.17) is 9.47 Å². The first-order valence-electron chi connectivity index (χ1n) is 9.85. The van der Waals surface area contributed by atoms with Crippen molar-refractivity contribution in [2.24, 2.45) is 0 Å². The second-order valence-corrected chi connectivity index (χ2v) is 8.86. The topological polar surface area (TPSA) is 85.8 Å². The highest BCUT2D eigenvalue weighted by Gasteiger charge is 2.31. The predicted molar refractivity (Wildman–Crippen MR) is 111 cm³/mol. The van der Waals surface area contributed by atoms with Crippen LogP contribution in [0.4, 0.5) is 4.39 Å². The van der Waals surface area contributed by atoms with E-state index >= 15 is 0 Å². The van der Waals surface area contributed by atoms with Gasteiger partial charge in [0.1, 0.15) is 11.6 Å². The highest BCUT2D eigenvalue weighted by Crippen LogP contribution is 2.32. The van der Waals surface area contributed by atoms with Gasteiger partial charge < -0.3 is 14.4 Å². The summed E-state index contributed by atoms with van der Waals surface area (Å²) in [7, 11) is -4.17. The molecule has 1 aromatic heterocycles. The van der Waals surface area contributed by atoms with Crippen molar-refractivity contribution in [1.82, 2.24) is 9.88 Å². The molecule has 0 radical (unpaired) electrons. The number of amides is 1. The van der Waals surface area contributed by atoms with Crippen LogP contribution in [0.15, 0.2) is 58.5 Å². The first-order valence-corrected chi connectivity index (χ1v) is 11.3. The van der Waals surface area contributed by atoms with Crippen LogP contribution in [0.3, 0.4) is 0 Å². The number of morpholine rings is 1. The molecule has 4 rings (SSSR count). The molecule has 1 saturated heterocycles. The van der Waals surface area contributed by atoms with Gasteiger partial charge >= 0.3 is 0 Å². The minimum absolute atomic E-state index is 0.0243. The molecular formula is C22H21FN2O5S. The van der Waals surface area contributed by atoms with Gasteiger partial charge in [-0.05, 0) is 49.4 Å². The van der Waals surface area contributed by atoms with Gasteiger partial charge in [-0.3, -0.25) is 9.78 Å².